The molecular formula is C26H30ClN3O3. The van der Waals surface area contributed by atoms with Crippen molar-refractivity contribution < 1.29 is 14.3 Å². The Morgan fingerprint density at radius 2 is 1.85 bits per heavy atom. The highest BCUT2D eigenvalue weighted by molar-refractivity contribution is 6.30. The number of esters is 1. The average Bonchev–Trinajstić information content (AvgIpc) is 3.27. The van der Waals surface area contributed by atoms with Crippen molar-refractivity contribution in [1.82, 2.24) is 15.2 Å². The quantitative estimate of drug-likeness (QED) is 0.473. The fraction of sp³-hybridized carbons (Fsp3) is 0.385. The molecular weight excluding hydrogens is 438 g/mol. The number of piperidine rings is 1. The van der Waals surface area contributed by atoms with Crippen molar-refractivity contribution in [2.75, 3.05) is 19.7 Å². The minimum absolute atomic E-state index is 0.227. The number of carbonyl (C=O) groups is 2. The van der Waals surface area contributed by atoms with Gasteiger partial charge in [0, 0.05) is 41.1 Å². The van der Waals surface area contributed by atoms with Gasteiger partial charge in [0.05, 0.1) is 6.61 Å². The van der Waals surface area contributed by atoms with Crippen LogP contribution in [0.1, 0.15) is 49.7 Å². The molecule has 2 amide bonds. The zero-order valence-electron chi connectivity index (χ0n) is 19.0. The number of aromatic nitrogens is 1. The lowest BCUT2D eigenvalue weighted by Gasteiger charge is -2.34. The van der Waals surface area contributed by atoms with Crippen LogP contribution in [-0.2, 0) is 9.53 Å². The van der Waals surface area contributed by atoms with Gasteiger partial charge in [-0.25, -0.2) is 9.59 Å². The molecule has 2 aromatic carbocycles. The molecule has 0 bridgehead atoms. The van der Waals surface area contributed by atoms with Crippen LogP contribution in [-0.4, -0.2) is 47.6 Å². The van der Waals surface area contributed by atoms with E-state index in [2.05, 4.69) is 22.4 Å². The number of fused-ring (bicyclic) bond motifs is 1. The summed E-state index contributed by atoms with van der Waals surface area (Å²) in [6.07, 6.45) is 3.65. The number of urea groups is 1. The second kappa shape index (κ2) is 10.3. The van der Waals surface area contributed by atoms with Gasteiger partial charge in [-0.1, -0.05) is 48.9 Å². The molecule has 3 aromatic rings. The summed E-state index contributed by atoms with van der Waals surface area (Å²) in [6.45, 7) is 5.25. The maximum Gasteiger partial charge on any atom is 0.329 e. The number of ether oxygens (including phenoxy) is 1. The predicted molar refractivity (Wildman–Crippen MR) is 131 cm³/mol. The topological polar surface area (TPSA) is 74.4 Å². The SMILES string of the molecule is CCOC(=O)[C@H](NC(=O)N1CCC(c2ccc(Cl)cc2)CC1)[C@@H](C)c1c[nH]c2ccccc12. The molecule has 1 saturated heterocycles. The molecule has 6 nitrogen and oxygen atoms in total. The summed E-state index contributed by atoms with van der Waals surface area (Å²) >= 11 is 6.01. The summed E-state index contributed by atoms with van der Waals surface area (Å²) in [5, 5.41) is 4.73. The predicted octanol–water partition coefficient (Wildman–Crippen LogP) is 5.45. The smallest absolute Gasteiger partial charge is 0.329 e. The molecule has 1 aromatic heterocycles. The van der Waals surface area contributed by atoms with Crippen LogP contribution in [0.5, 0.6) is 0 Å². The first-order valence-electron chi connectivity index (χ1n) is 11.5. The zero-order valence-corrected chi connectivity index (χ0v) is 19.8. The molecule has 7 heteroatoms. The maximum absolute atomic E-state index is 13.1. The Morgan fingerprint density at radius 3 is 2.55 bits per heavy atom. The minimum Gasteiger partial charge on any atom is -0.464 e. The van der Waals surface area contributed by atoms with Gasteiger partial charge in [-0.05, 0) is 55.0 Å². The fourth-order valence-corrected chi connectivity index (χ4v) is 4.77. The van der Waals surface area contributed by atoms with Gasteiger partial charge in [0.15, 0.2) is 0 Å². The molecule has 2 N–H and O–H groups in total. The monoisotopic (exact) mass is 467 g/mol. The summed E-state index contributed by atoms with van der Waals surface area (Å²) in [4.78, 5) is 31.0. The number of hydrogen-bond acceptors (Lipinski definition) is 3. The van der Waals surface area contributed by atoms with Crippen LogP contribution in [0.2, 0.25) is 5.02 Å². The number of amides is 2. The number of hydrogen-bond donors (Lipinski definition) is 2. The van der Waals surface area contributed by atoms with E-state index in [-0.39, 0.29) is 18.6 Å². The molecule has 2 atom stereocenters. The molecule has 0 unspecified atom stereocenters. The summed E-state index contributed by atoms with van der Waals surface area (Å²) in [5.41, 5.74) is 3.22. The number of benzene rings is 2. The van der Waals surface area contributed by atoms with E-state index in [9.17, 15) is 9.59 Å². The van der Waals surface area contributed by atoms with Gasteiger partial charge in [0.25, 0.3) is 0 Å². The second-order valence-electron chi connectivity index (χ2n) is 8.57. The Kier molecular flexibility index (Phi) is 7.23. The van der Waals surface area contributed by atoms with Gasteiger partial charge < -0.3 is 19.9 Å². The molecule has 0 aliphatic carbocycles. The van der Waals surface area contributed by atoms with E-state index < -0.39 is 12.0 Å². The van der Waals surface area contributed by atoms with E-state index in [0.29, 0.717) is 19.0 Å². The van der Waals surface area contributed by atoms with Crippen LogP contribution in [0.3, 0.4) is 0 Å². The van der Waals surface area contributed by atoms with E-state index in [1.165, 1.54) is 5.56 Å². The van der Waals surface area contributed by atoms with Gasteiger partial charge in [-0.15, -0.1) is 0 Å². The van der Waals surface area contributed by atoms with Gasteiger partial charge >= 0.3 is 12.0 Å². The average molecular weight is 468 g/mol. The van der Waals surface area contributed by atoms with Gasteiger partial charge in [0.1, 0.15) is 6.04 Å². The fourth-order valence-electron chi connectivity index (χ4n) is 4.65. The van der Waals surface area contributed by atoms with Crippen LogP contribution in [0.15, 0.2) is 54.7 Å². The number of para-hydroxylation sites is 1. The molecule has 0 radical (unpaired) electrons. The highest BCUT2D eigenvalue weighted by atomic mass is 35.5. The number of rotatable bonds is 6. The zero-order chi connectivity index (χ0) is 23.4. The number of H-pyrrole nitrogens is 1. The lowest BCUT2D eigenvalue weighted by atomic mass is 9.89. The maximum atomic E-state index is 13.1. The third-order valence-corrected chi connectivity index (χ3v) is 6.81. The molecule has 2 heterocycles. The molecule has 1 fully saturated rings. The summed E-state index contributed by atoms with van der Waals surface area (Å²) < 4.78 is 5.31. The van der Waals surface area contributed by atoms with Crippen molar-refractivity contribution in [2.45, 2.75) is 44.6 Å². The van der Waals surface area contributed by atoms with Crippen molar-refractivity contribution in [2.24, 2.45) is 0 Å². The molecule has 1 aliphatic rings. The Labute approximate surface area is 199 Å². The van der Waals surface area contributed by atoms with Crippen LogP contribution in [0.25, 0.3) is 10.9 Å². The normalized spacial score (nSPS) is 16.4. The molecule has 33 heavy (non-hydrogen) atoms. The van der Waals surface area contributed by atoms with Crippen LogP contribution < -0.4 is 5.32 Å². The third kappa shape index (κ3) is 5.17. The van der Waals surface area contributed by atoms with Crippen molar-refractivity contribution in [1.29, 1.82) is 0 Å². The van der Waals surface area contributed by atoms with Crippen molar-refractivity contribution >= 4 is 34.5 Å². The van der Waals surface area contributed by atoms with Gasteiger partial charge in [0.2, 0.25) is 0 Å². The van der Waals surface area contributed by atoms with E-state index in [4.69, 9.17) is 16.3 Å². The van der Waals surface area contributed by atoms with Crippen molar-refractivity contribution in [3.8, 4) is 0 Å². The molecule has 4 rings (SSSR count). The lowest BCUT2D eigenvalue weighted by molar-refractivity contribution is -0.145. The first kappa shape index (κ1) is 23.2. The number of nitrogens with one attached hydrogen (secondary N) is 2. The van der Waals surface area contributed by atoms with E-state index in [0.717, 1.165) is 34.3 Å². The molecule has 174 valence electrons. The highest BCUT2D eigenvalue weighted by Crippen LogP contribution is 2.30. The number of aromatic amines is 1. The van der Waals surface area contributed by atoms with E-state index in [1.54, 1.807) is 11.8 Å². The highest BCUT2D eigenvalue weighted by Gasteiger charge is 2.33. The first-order valence-corrected chi connectivity index (χ1v) is 11.9. The summed E-state index contributed by atoms with van der Waals surface area (Å²) in [5.74, 6) is -0.271. The lowest BCUT2D eigenvalue weighted by Crippen LogP contribution is -2.52. The Balaban J connectivity index is 1.45. The van der Waals surface area contributed by atoms with Gasteiger partial charge in [-0.3, -0.25) is 0 Å². The van der Waals surface area contributed by atoms with Crippen LogP contribution in [0.4, 0.5) is 4.79 Å². The number of halogens is 1. The first-order chi connectivity index (χ1) is 16.0. The largest absolute Gasteiger partial charge is 0.464 e. The third-order valence-electron chi connectivity index (χ3n) is 6.55. The van der Waals surface area contributed by atoms with E-state index >= 15 is 0 Å². The van der Waals surface area contributed by atoms with E-state index in [1.807, 2.05) is 49.5 Å². The Hall–Kier alpha value is -2.99. The molecule has 0 spiro atoms. The summed E-state index contributed by atoms with van der Waals surface area (Å²) in [7, 11) is 0. The standard InChI is InChI=1S/C26H30ClN3O3/c1-3-33-25(31)24(17(2)22-16-28-23-7-5-4-6-21(22)23)29-26(32)30-14-12-19(13-15-30)18-8-10-20(27)11-9-18/h4-11,16-17,19,24,28H,3,12-15H2,1-2H3,(H,29,32)/t17-,24+/m0/s1. The van der Waals surface area contributed by atoms with Crippen molar-refractivity contribution in [3.05, 3.63) is 70.9 Å². The number of likely N-dealkylation sites (tertiary alicyclic amines) is 1. The van der Waals surface area contributed by atoms with Gasteiger partial charge in [-0.2, -0.15) is 0 Å². The van der Waals surface area contributed by atoms with Crippen LogP contribution >= 0.6 is 11.6 Å². The van der Waals surface area contributed by atoms with Crippen LogP contribution in [0, 0.1) is 0 Å². The Morgan fingerprint density at radius 1 is 1.15 bits per heavy atom. The van der Waals surface area contributed by atoms with Crippen molar-refractivity contribution in [3.63, 3.8) is 0 Å². The second-order valence-corrected chi connectivity index (χ2v) is 9.01. The Bertz CT molecular complexity index is 1100. The minimum atomic E-state index is -0.773. The molecule has 0 saturated carbocycles. The summed E-state index contributed by atoms with van der Waals surface area (Å²) in [6, 6.07) is 14.9. The number of carbonyl (C=O) groups excluding carboxylic acids is 2. The molecule has 1 aliphatic heterocycles. The number of nitrogens with zero attached hydrogens (tertiary/aromatic N) is 1.